The van der Waals surface area contributed by atoms with Crippen molar-refractivity contribution in [2.45, 2.75) is 50.3 Å². The van der Waals surface area contributed by atoms with Gasteiger partial charge in [-0.15, -0.1) is 0 Å². The molecule has 0 fully saturated rings. The number of rotatable bonds is 4. The minimum atomic E-state index is -3.22. The first-order chi connectivity index (χ1) is 10.6. The van der Waals surface area contributed by atoms with E-state index in [4.69, 9.17) is 5.11 Å². The van der Waals surface area contributed by atoms with Crippen molar-refractivity contribution in [2.75, 3.05) is 6.61 Å². The van der Waals surface area contributed by atoms with Crippen LogP contribution in [-0.4, -0.2) is 26.6 Å². The molecule has 0 bridgehead atoms. The lowest BCUT2D eigenvalue weighted by Gasteiger charge is -2.39. The second-order valence-electron chi connectivity index (χ2n) is 6.88. The number of benzene rings is 1. The van der Waals surface area contributed by atoms with Crippen molar-refractivity contribution < 1.29 is 18.1 Å². The van der Waals surface area contributed by atoms with E-state index in [1.54, 1.807) is 26.8 Å². The standard InChI is InChI=1S/C16H22BrF2NO2S/c1-15(2,3)23(22)20-14-12-8-11(17)6-4-10(12)5-7-13(14)16(18,19)9-21/h4,6,8,13-14,20-21H,5,7,9H2,1-3H3/t13-,14?,23-/m1/s1. The van der Waals surface area contributed by atoms with Crippen LogP contribution in [0.4, 0.5) is 8.78 Å². The van der Waals surface area contributed by atoms with Crippen molar-refractivity contribution in [1.82, 2.24) is 4.72 Å². The van der Waals surface area contributed by atoms with E-state index in [0.29, 0.717) is 6.42 Å². The number of hydrogen-bond acceptors (Lipinski definition) is 2. The van der Waals surface area contributed by atoms with E-state index in [9.17, 15) is 13.0 Å². The number of aliphatic hydroxyl groups excluding tert-OH is 1. The van der Waals surface area contributed by atoms with Gasteiger partial charge in [0.2, 0.25) is 0 Å². The third-order valence-corrected chi connectivity index (χ3v) is 6.19. The third kappa shape index (κ3) is 4.18. The number of halogens is 3. The molecule has 0 saturated heterocycles. The minimum Gasteiger partial charge on any atom is -0.390 e. The number of aliphatic hydroxyl groups is 1. The van der Waals surface area contributed by atoms with E-state index in [1.807, 2.05) is 12.1 Å². The Kier molecular flexibility index (Phi) is 5.66. The van der Waals surface area contributed by atoms with Gasteiger partial charge in [-0.25, -0.2) is 17.7 Å². The van der Waals surface area contributed by atoms with E-state index in [1.165, 1.54) is 0 Å². The van der Waals surface area contributed by atoms with Gasteiger partial charge in [0.25, 0.3) is 5.92 Å². The van der Waals surface area contributed by atoms with Crippen LogP contribution in [0.1, 0.15) is 44.4 Å². The highest BCUT2D eigenvalue weighted by molar-refractivity contribution is 9.10. The summed E-state index contributed by atoms with van der Waals surface area (Å²) in [5.41, 5.74) is 1.70. The van der Waals surface area contributed by atoms with Crippen LogP contribution in [0.2, 0.25) is 0 Å². The maximum Gasteiger partial charge on any atom is 0.275 e. The molecule has 2 rings (SSSR count). The van der Waals surface area contributed by atoms with Gasteiger partial charge in [0.1, 0.15) is 6.61 Å². The van der Waals surface area contributed by atoms with Gasteiger partial charge in [-0.05, 0) is 56.9 Å². The molecule has 0 radical (unpaired) electrons. The van der Waals surface area contributed by atoms with Crippen molar-refractivity contribution >= 4 is 26.9 Å². The van der Waals surface area contributed by atoms with Gasteiger partial charge in [0, 0.05) is 10.4 Å². The van der Waals surface area contributed by atoms with E-state index in [0.717, 1.165) is 15.6 Å². The van der Waals surface area contributed by atoms with E-state index < -0.39 is 40.2 Å². The molecule has 1 aromatic carbocycles. The van der Waals surface area contributed by atoms with Crippen LogP contribution in [0.3, 0.4) is 0 Å². The molecule has 2 N–H and O–H groups in total. The molecule has 3 atom stereocenters. The molecule has 3 nitrogen and oxygen atoms in total. The Bertz CT molecular complexity index is 604. The first-order valence-electron chi connectivity index (χ1n) is 7.51. The van der Waals surface area contributed by atoms with Gasteiger partial charge in [-0.3, -0.25) is 0 Å². The number of fused-ring (bicyclic) bond motifs is 1. The summed E-state index contributed by atoms with van der Waals surface area (Å²) >= 11 is 3.37. The molecule has 130 valence electrons. The molecule has 0 aliphatic heterocycles. The first kappa shape index (κ1) is 19.0. The van der Waals surface area contributed by atoms with Crippen LogP contribution in [-0.2, 0) is 17.4 Å². The fourth-order valence-electron chi connectivity index (χ4n) is 2.79. The number of hydrogen-bond donors (Lipinski definition) is 2. The molecular formula is C16H22BrF2NO2S. The van der Waals surface area contributed by atoms with Gasteiger partial charge in [-0.1, -0.05) is 22.0 Å². The van der Waals surface area contributed by atoms with Crippen LogP contribution >= 0.6 is 15.9 Å². The molecule has 1 unspecified atom stereocenters. The summed E-state index contributed by atoms with van der Waals surface area (Å²) < 4.78 is 44.0. The summed E-state index contributed by atoms with van der Waals surface area (Å²) in [5.74, 6) is -4.32. The smallest absolute Gasteiger partial charge is 0.275 e. The molecule has 23 heavy (non-hydrogen) atoms. The van der Waals surface area contributed by atoms with Crippen LogP contribution in [0, 0.1) is 5.92 Å². The van der Waals surface area contributed by atoms with Crippen LogP contribution in [0.15, 0.2) is 22.7 Å². The Hall–Kier alpha value is -0.370. The molecule has 1 aromatic rings. The summed E-state index contributed by atoms with van der Waals surface area (Å²) in [5, 5.41) is 9.10. The predicted molar refractivity (Wildman–Crippen MR) is 91.8 cm³/mol. The number of aryl methyl sites for hydroxylation is 1. The molecule has 1 aliphatic carbocycles. The zero-order valence-corrected chi connectivity index (χ0v) is 15.8. The van der Waals surface area contributed by atoms with E-state index in [2.05, 4.69) is 20.7 Å². The number of nitrogens with one attached hydrogen (secondary N) is 1. The maximum absolute atomic E-state index is 14.2. The molecule has 1 aliphatic rings. The SMILES string of the molecule is CC(C)(C)[S@@](=O)NC1c2cc(Br)ccc2CC[C@H]1C(F)(F)CO. The van der Waals surface area contributed by atoms with Crippen LogP contribution in [0.5, 0.6) is 0 Å². The molecule has 0 heterocycles. The Labute approximate surface area is 146 Å². The Morgan fingerprint density at radius 3 is 2.61 bits per heavy atom. The maximum atomic E-state index is 14.2. The predicted octanol–water partition coefficient (Wildman–Crippen LogP) is 3.73. The van der Waals surface area contributed by atoms with Gasteiger partial charge in [-0.2, -0.15) is 0 Å². The summed E-state index contributed by atoms with van der Waals surface area (Å²) in [6.07, 6.45) is 0.754. The van der Waals surface area contributed by atoms with Crippen molar-refractivity contribution in [1.29, 1.82) is 0 Å². The van der Waals surface area contributed by atoms with Crippen molar-refractivity contribution in [2.24, 2.45) is 5.92 Å². The highest BCUT2D eigenvalue weighted by Gasteiger charge is 2.47. The fourth-order valence-corrected chi connectivity index (χ4v) is 4.04. The Morgan fingerprint density at radius 2 is 2.04 bits per heavy atom. The van der Waals surface area contributed by atoms with Gasteiger partial charge in [0.05, 0.1) is 21.8 Å². The monoisotopic (exact) mass is 409 g/mol. The zero-order valence-electron chi connectivity index (χ0n) is 13.4. The molecule has 0 aromatic heterocycles. The van der Waals surface area contributed by atoms with Crippen molar-refractivity contribution in [3.8, 4) is 0 Å². The summed E-state index contributed by atoms with van der Waals surface area (Å²) in [6, 6.07) is 4.81. The summed E-state index contributed by atoms with van der Waals surface area (Å²) in [7, 11) is -1.49. The summed E-state index contributed by atoms with van der Waals surface area (Å²) in [6.45, 7) is 4.17. The lowest BCUT2D eigenvalue weighted by Crippen LogP contribution is -2.47. The third-order valence-electron chi connectivity index (χ3n) is 4.11. The number of alkyl halides is 2. The normalized spacial score (nSPS) is 23.4. The Balaban J connectivity index is 2.44. The lowest BCUT2D eigenvalue weighted by molar-refractivity contribution is -0.111. The summed E-state index contributed by atoms with van der Waals surface area (Å²) in [4.78, 5) is 0. The fraction of sp³-hybridized carbons (Fsp3) is 0.625. The first-order valence-corrected chi connectivity index (χ1v) is 9.45. The molecule has 0 saturated carbocycles. The molecular weight excluding hydrogens is 388 g/mol. The van der Waals surface area contributed by atoms with E-state index >= 15 is 0 Å². The van der Waals surface area contributed by atoms with Crippen LogP contribution < -0.4 is 4.72 Å². The molecule has 7 heteroatoms. The quantitative estimate of drug-likeness (QED) is 0.795. The second kappa shape index (κ2) is 6.86. The highest BCUT2D eigenvalue weighted by atomic mass is 79.9. The second-order valence-corrected chi connectivity index (χ2v) is 9.80. The van der Waals surface area contributed by atoms with Crippen molar-refractivity contribution in [3.05, 3.63) is 33.8 Å². The Morgan fingerprint density at radius 1 is 1.39 bits per heavy atom. The van der Waals surface area contributed by atoms with Crippen molar-refractivity contribution in [3.63, 3.8) is 0 Å². The molecule has 0 amide bonds. The minimum absolute atomic E-state index is 0.237. The van der Waals surface area contributed by atoms with Gasteiger partial charge in [0.15, 0.2) is 0 Å². The lowest BCUT2D eigenvalue weighted by atomic mass is 9.77. The van der Waals surface area contributed by atoms with Gasteiger partial charge < -0.3 is 5.11 Å². The average molecular weight is 410 g/mol. The molecule has 0 spiro atoms. The van der Waals surface area contributed by atoms with Crippen LogP contribution in [0.25, 0.3) is 0 Å². The van der Waals surface area contributed by atoms with E-state index in [-0.39, 0.29) is 6.42 Å². The average Bonchev–Trinajstić information content (AvgIpc) is 2.46. The zero-order chi connectivity index (χ0) is 17.4. The largest absolute Gasteiger partial charge is 0.390 e. The topological polar surface area (TPSA) is 49.3 Å². The highest BCUT2D eigenvalue weighted by Crippen LogP contribution is 2.44. The van der Waals surface area contributed by atoms with Gasteiger partial charge >= 0.3 is 0 Å².